The summed E-state index contributed by atoms with van der Waals surface area (Å²) >= 11 is 0. The van der Waals surface area contributed by atoms with Crippen molar-refractivity contribution in [3.8, 4) is 0 Å². The quantitative estimate of drug-likeness (QED) is 0.766. The molecule has 2 aliphatic heterocycles. The number of ether oxygens (including phenoxy) is 1. The Balaban J connectivity index is 0.00000156. The van der Waals surface area contributed by atoms with Crippen LogP contribution in [0.4, 0.5) is 0 Å². The minimum absolute atomic E-state index is 0. The van der Waals surface area contributed by atoms with Crippen LogP contribution in [0.2, 0.25) is 0 Å². The van der Waals surface area contributed by atoms with Crippen molar-refractivity contribution < 1.29 is 9.53 Å². The molecule has 0 aromatic heterocycles. The minimum Gasteiger partial charge on any atom is -0.381 e. The number of nitrogens with two attached hydrogens (primary N) is 1. The van der Waals surface area contributed by atoms with Crippen LogP contribution in [0.3, 0.4) is 0 Å². The zero-order valence-electron chi connectivity index (χ0n) is 15.2. The second-order valence-electron chi connectivity index (χ2n) is 7.67. The lowest BCUT2D eigenvalue weighted by molar-refractivity contribution is -0.137. The molecule has 0 radical (unpaired) electrons. The van der Waals surface area contributed by atoms with Gasteiger partial charge in [0, 0.05) is 44.9 Å². The first-order chi connectivity index (χ1) is 11.2. The van der Waals surface area contributed by atoms with Gasteiger partial charge in [-0.1, -0.05) is 19.3 Å². The fraction of sp³-hybridized carbons (Fsp3) is 0.944. The van der Waals surface area contributed by atoms with Gasteiger partial charge in [-0.3, -0.25) is 4.79 Å². The van der Waals surface area contributed by atoms with Crippen molar-refractivity contribution in [2.24, 2.45) is 11.1 Å². The Morgan fingerprint density at radius 2 is 1.64 bits per heavy atom. The second kappa shape index (κ2) is 10.9. The van der Waals surface area contributed by atoms with Gasteiger partial charge in [-0.25, -0.2) is 0 Å². The summed E-state index contributed by atoms with van der Waals surface area (Å²) in [6, 6.07) is 1.12. The van der Waals surface area contributed by atoms with Crippen LogP contribution in [0.5, 0.6) is 0 Å². The predicted molar refractivity (Wildman–Crippen MR) is 106 cm³/mol. The SMILES string of the molecule is Cl.Cl.NCC1(C(=O)NC2CCN(C3CCCCC3)CC2)CCOCC1. The normalized spacial score (nSPS) is 25.5. The number of nitrogens with zero attached hydrogens (tertiary/aromatic N) is 1. The van der Waals surface area contributed by atoms with E-state index in [1.165, 1.54) is 32.1 Å². The van der Waals surface area contributed by atoms with Gasteiger partial charge in [-0.2, -0.15) is 0 Å². The molecule has 1 saturated carbocycles. The van der Waals surface area contributed by atoms with Crippen LogP contribution in [0, 0.1) is 5.41 Å². The van der Waals surface area contributed by atoms with E-state index in [1.807, 2.05) is 0 Å². The number of rotatable bonds is 4. The molecule has 148 valence electrons. The lowest BCUT2D eigenvalue weighted by Gasteiger charge is -2.41. The first-order valence-electron chi connectivity index (χ1n) is 9.56. The molecular weight excluding hydrogens is 361 g/mol. The third kappa shape index (κ3) is 5.70. The molecule has 3 aliphatic rings. The molecule has 1 aliphatic carbocycles. The van der Waals surface area contributed by atoms with Crippen molar-refractivity contribution in [3.63, 3.8) is 0 Å². The Morgan fingerprint density at radius 3 is 2.20 bits per heavy atom. The van der Waals surface area contributed by atoms with Crippen LogP contribution in [0.1, 0.15) is 57.8 Å². The average Bonchev–Trinajstić information content (AvgIpc) is 2.63. The van der Waals surface area contributed by atoms with Crippen molar-refractivity contribution in [2.45, 2.75) is 69.9 Å². The van der Waals surface area contributed by atoms with Crippen LogP contribution in [0.15, 0.2) is 0 Å². The summed E-state index contributed by atoms with van der Waals surface area (Å²) in [5.41, 5.74) is 5.55. The number of nitrogens with one attached hydrogen (secondary N) is 1. The predicted octanol–water partition coefficient (Wildman–Crippen LogP) is 2.50. The fourth-order valence-corrected chi connectivity index (χ4v) is 4.48. The summed E-state index contributed by atoms with van der Waals surface area (Å²) < 4.78 is 5.41. The topological polar surface area (TPSA) is 67.6 Å². The van der Waals surface area contributed by atoms with E-state index in [4.69, 9.17) is 10.5 Å². The van der Waals surface area contributed by atoms with Crippen molar-refractivity contribution in [3.05, 3.63) is 0 Å². The first-order valence-corrected chi connectivity index (χ1v) is 9.56. The molecule has 0 unspecified atom stereocenters. The molecule has 3 fully saturated rings. The zero-order chi connectivity index (χ0) is 16.1. The summed E-state index contributed by atoms with van der Waals surface area (Å²) in [4.78, 5) is 15.4. The van der Waals surface area contributed by atoms with E-state index in [1.54, 1.807) is 0 Å². The van der Waals surface area contributed by atoms with E-state index in [0.29, 0.717) is 25.8 Å². The van der Waals surface area contributed by atoms with Gasteiger partial charge in [-0.05, 0) is 38.5 Å². The van der Waals surface area contributed by atoms with Crippen LogP contribution in [-0.2, 0) is 9.53 Å². The van der Waals surface area contributed by atoms with Gasteiger partial charge in [0.1, 0.15) is 0 Å². The van der Waals surface area contributed by atoms with E-state index in [2.05, 4.69) is 10.2 Å². The number of likely N-dealkylation sites (tertiary alicyclic amines) is 1. The molecule has 0 bridgehead atoms. The molecule has 2 heterocycles. The third-order valence-electron chi connectivity index (χ3n) is 6.28. The zero-order valence-corrected chi connectivity index (χ0v) is 16.8. The van der Waals surface area contributed by atoms with E-state index in [0.717, 1.165) is 44.8 Å². The number of carbonyl (C=O) groups excluding carboxylic acids is 1. The maximum atomic E-state index is 12.7. The molecule has 25 heavy (non-hydrogen) atoms. The first kappa shape index (κ1) is 23.0. The van der Waals surface area contributed by atoms with Crippen molar-refractivity contribution in [1.82, 2.24) is 10.2 Å². The third-order valence-corrected chi connectivity index (χ3v) is 6.28. The van der Waals surface area contributed by atoms with Crippen molar-refractivity contribution >= 4 is 30.7 Å². The molecule has 0 atom stereocenters. The summed E-state index contributed by atoms with van der Waals surface area (Å²) in [6.45, 7) is 4.02. The Labute approximate surface area is 164 Å². The number of piperidine rings is 1. The van der Waals surface area contributed by atoms with E-state index >= 15 is 0 Å². The summed E-state index contributed by atoms with van der Waals surface area (Å²) in [5.74, 6) is 0.166. The smallest absolute Gasteiger partial charge is 0.227 e. The monoisotopic (exact) mass is 395 g/mol. The van der Waals surface area contributed by atoms with Crippen molar-refractivity contribution in [2.75, 3.05) is 32.8 Å². The molecule has 3 N–H and O–H groups in total. The number of halogens is 2. The molecule has 0 aromatic rings. The molecule has 3 rings (SSSR count). The van der Waals surface area contributed by atoms with Crippen LogP contribution in [-0.4, -0.2) is 55.7 Å². The van der Waals surface area contributed by atoms with Crippen molar-refractivity contribution in [1.29, 1.82) is 0 Å². The molecule has 0 aromatic carbocycles. The van der Waals surface area contributed by atoms with Gasteiger partial charge in [0.2, 0.25) is 5.91 Å². The Morgan fingerprint density at radius 1 is 1.04 bits per heavy atom. The van der Waals surface area contributed by atoms with Gasteiger partial charge in [0.25, 0.3) is 0 Å². The van der Waals surface area contributed by atoms with Gasteiger partial charge in [-0.15, -0.1) is 24.8 Å². The van der Waals surface area contributed by atoms with Gasteiger partial charge in [0.15, 0.2) is 0 Å². The number of hydrogen-bond donors (Lipinski definition) is 2. The highest BCUT2D eigenvalue weighted by atomic mass is 35.5. The van der Waals surface area contributed by atoms with E-state index < -0.39 is 5.41 Å². The maximum absolute atomic E-state index is 12.7. The molecule has 2 saturated heterocycles. The maximum Gasteiger partial charge on any atom is 0.227 e. The van der Waals surface area contributed by atoms with Gasteiger partial charge in [0.05, 0.1) is 5.41 Å². The fourth-order valence-electron chi connectivity index (χ4n) is 4.48. The lowest BCUT2D eigenvalue weighted by atomic mass is 9.79. The van der Waals surface area contributed by atoms with Gasteiger partial charge < -0.3 is 20.7 Å². The summed E-state index contributed by atoms with van der Waals surface area (Å²) in [5, 5.41) is 3.30. The molecule has 0 spiro atoms. The summed E-state index contributed by atoms with van der Waals surface area (Å²) in [7, 11) is 0. The molecule has 7 heteroatoms. The largest absolute Gasteiger partial charge is 0.381 e. The van der Waals surface area contributed by atoms with Crippen LogP contribution >= 0.6 is 24.8 Å². The number of amides is 1. The number of hydrogen-bond acceptors (Lipinski definition) is 4. The summed E-state index contributed by atoms with van der Waals surface area (Å²) in [6.07, 6.45) is 10.6. The van der Waals surface area contributed by atoms with E-state index in [-0.39, 0.29) is 30.7 Å². The van der Waals surface area contributed by atoms with Crippen LogP contribution in [0.25, 0.3) is 0 Å². The van der Waals surface area contributed by atoms with Crippen LogP contribution < -0.4 is 11.1 Å². The average molecular weight is 396 g/mol. The Kier molecular flexibility index (Phi) is 10.0. The molecule has 1 amide bonds. The molecule has 5 nitrogen and oxygen atoms in total. The highest BCUT2D eigenvalue weighted by molar-refractivity contribution is 5.85. The minimum atomic E-state index is -0.390. The Bertz CT molecular complexity index is 392. The number of carbonyl (C=O) groups is 1. The lowest BCUT2D eigenvalue weighted by Crippen LogP contribution is -2.54. The Hall–Kier alpha value is -0.0700. The standard InChI is InChI=1S/C18H33N3O2.2ClH/c19-14-18(8-12-23-13-9-18)17(22)20-15-6-10-21(11-7-15)16-4-2-1-3-5-16;;/h15-16H,1-14,19H2,(H,20,22);2*1H. The van der Waals surface area contributed by atoms with Gasteiger partial charge >= 0.3 is 0 Å². The highest BCUT2D eigenvalue weighted by Crippen LogP contribution is 2.30. The highest BCUT2D eigenvalue weighted by Gasteiger charge is 2.40. The second-order valence-corrected chi connectivity index (χ2v) is 7.67. The van der Waals surface area contributed by atoms with E-state index in [9.17, 15) is 4.79 Å². The molecular formula is C18H35Cl2N3O2.